The Bertz CT molecular complexity index is 528. The Morgan fingerprint density at radius 1 is 1.32 bits per heavy atom. The zero-order valence-electron chi connectivity index (χ0n) is 11.3. The number of rotatable bonds is 0. The van der Waals surface area contributed by atoms with Crippen molar-refractivity contribution in [2.45, 2.75) is 39.4 Å². The van der Waals surface area contributed by atoms with Gasteiger partial charge in [0, 0.05) is 17.4 Å². The Morgan fingerprint density at radius 3 is 2.68 bits per heavy atom. The van der Waals surface area contributed by atoms with Crippen LogP contribution in [0.3, 0.4) is 0 Å². The maximum Gasteiger partial charge on any atom is 0.309 e. The SMILES string of the molecule is CC1=CC(=O)C2=C(C)C[C@H](O)C3[C@H](OC(=O)[C@H]3C)C12. The van der Waals surface area contributed by atoms with Gasteiger partial charge in [-0.05, 0) is 26.3 Å². The number of allylic oxidation sites excluding steroid dienone is 1. The maximum absolute atomic E-state index is 12.1. The van der Waals surface area contributed by atoms with Crippen molar-refractivity contribution in [3.05, 3.63) is 22.8 Å². The number of aliphatic hydroxyl groups is 1. The van der Waals surface area contributed by atoms with E-state index in [2.05, 4.69) is 0 Å². The predicted octanol–water partition coefficient (Wildman–Crippen LogP) is 1.39. The molecule has 3 rings (SSSR count). The van der Waals surface area contributed by atoms with Gasteiger partial charge in [-0.2, -0.15) is 0 Å². The predicted molar refractivity (Wildman–Crippen MR) is 68.1 cm³/mol. The molecule has 0 saturated carbocycles. The molecule has 2 aliphatic carbocycles. The third-order valence-corrected chi connectivity index (χ3v) is 4.75. The van der Waals surface area contributed by atoms with Crippen LogP contribution in [0.15, 0.2) is 22.8 Å². The van der Waals surface area contributed by atoms with Crippen LogP contribution >= 0.6 is 0 Å². The second-order valence-electron chi connectivity index (χ2n) is 5.96. The van der Waals surface area contributed by atoms with E-state index in [4.69, 9.17) is 4.74 Å². The summed E-state index contributed by atoms with van der Waals surface area (Å²) in [5, 5.41) is 10.3. The van der Waals surface area contributed by atoms with E-state index in [1.54, 1.807) is 13.0 Å². The molecule has 0 aromatic heterocycles. The van der Waals surface area contributed by atoms with Gasteiger partial charge in [-0.15, -0.1) is 0 Å². The minimum Gasteiger partial charge on any atom is -0.461 e. The Kier molecular flexibility index (Phi) is 2.68. The summed E-state index contributed by atoms with van der Waals surface area (Å²) >= 11 is 0. The van der Waals surface area contributed by atoms with E-state index in [0.29, 0.717) is 6.42 Å². The van der Waals surface area contributed by atoms with Crippen molar-refractivity contribution in [1.29, 1.82) is 0 Å². The van der Waals surface area contributed by atoms with Crippen molar-refractivity contribution in [1.82, 2.24) is 0 Å². The van der Waals surface area contributed by atoms with E-state index >= 15 is 0 Å². The van der Waals surface area contributed by atoms with E-state index < -0.39 is 12.2 Å². The van der Waals surface area contributed by atoms with Gasteiger partial charge in [-0.1, -0.05) is 18.1 Å². The minimum atomic E-state index is -0.620. The Hall–Kier alpha value is -1.42. The van der Waals surface area contributed by atoms with Gasteiger partial charge in [0.05, 0.1) is 12.0 Å². The molecule has 4 nitrogen and oxygen atoms in total. The molecule has 3 aliphatic rings. The summed E-state index contributed by atoms with van der Waals surface area (Å²) in [6.07, 6.45) is 1.06. The number of hydrogen-bond donors (Lipinski definition) is 1. The van der Waals surface area contributed by atoms with Gasteiger partial charge in [0.2, 0.25) is 0 Å². The quantitative estimate of drug-likeness (QED) is 0.670. The van der Waals surface area contributed by atoms with Crippen molar-refractivity contribution in [3.8, 4) is 0 Å². The van der Waals surface area contributed by atoms with Crippen LogP contribution in [0.4, 0.5) is 0 Å². The molecule has 5 atom stereocenters. The van der Waals surface area contributed by atoms with Gasteiger partial charge in [-0.25, -0.2) is 0 Å². The molecule has 0 aromatic carbocycles. The fraction of sp³-hybridized carbons (Fsp3) is 0.600. The molecule has 1 saturated heterocycles. The summed E-state index contributed by atoms with van der Waals surface area (Å²) in [6, 6.07) is 0. The normalized spacial score (nSPS) is 41.7. The van der Waals surface area contributed by atoms with E-state index in [9.17, 15) is 14.7 Å². The highest BCUT2D eigenvalue weighted by Gasteiger charge is 2.53. The molecule has 1 N–H and O–H groups in total. The van der Waals surface area contributed by atoms with Gasteiger partial charge in [0.1, 0.15) is 6.10 Å². The molecule has 0 spiro atoms. The fourth-order valence-corrected chi connectivity index (χ4v) is 3.82. The van der Waals surface area contributed by atoms with E-state index in [1.807, 2.05) is 13.8 Å². The van der Waals surface area contributed by atoms with Crippen LogP contribution in [0.1, 0.15) is 27.2 Å². The highest BCUT2D eigenvalue weighted by atomic mass is 16.6. The number of fused-ring (bicyclic) bond motifs is 3. The molecule has 0 aromatic rings. The number of aliphatic hydroxyl groups excluding tert-OH is 1. The molecule has 0 radical (unpaired) electrons. The van der Waals surface area contributed by atoms with Crippen molar-refractivity contribution in [3.63, 3.8) is 0 Å². The zero-order chi connectivity index (χ0) is 13.9. The lowest BCUT2D eigenvalue weighted by atomic mass is 9.80. The first-order valence-corrected chi connectivity index (χ1v) is 6.72. The highest BCUT2D eigenvalue weighted by molar-refractivity contribution is 6.09. The third-order valence-electron chi connectivity index (χ3n) is 4.75. The van der Waals surface area contributed by atoms with E-state index in [0.717, 1.165) is 16.7 Å². The number of hydrogen-bond acceptors (Lipinski definition) is 4. The number of esters is 1. The molecule has 102 valence electrons. The van der Waals surface area contributed by atoms with Crippen LogP contribution < -0.4 is 0 Å². The van der Waals surface area contributed by atoms with E-state index in [1.165, 1.54) is 0 Å². The van der Waals surface area contributed by atoms with Crippen LogP contribution in [0.2, 0.25) is 0 Å². The second-order valence-corrected chi connectivity index (χ2v) is 5.96. The minimum absolute atomic E-state index is 0.00320. The average molecular weight is 262 g/mol. The van der Waals surface area contributed by atoms with Gasteiger partial charge in [0.25, 0.3) is 0 Å². The van der Waals surface area contributed by atoms with Crippen LogP contribution in [0.25, 0.3) is 0 Å². The molecule has 4 heteroatoms. The standard InChI is InChI=1S/C15H18O4/c1-6-4-10(17)13-8(3)15(18)19-14(13)12-7(2)5-9(16)11(6)12/h5,8,10,12-14,17H,4H2,1-3H3/t8-,10-,12?,13?,14+/m0/s1. The maximum atomic E-state index is 12.1. The Balaban J connectivity index is 2.11. The smallest absolute Gasteiger partial charge is 0.309 e. The van der Waals surface area contributed by atoms with E-state index in [-0.39, 0.29) is 29.5 Å². The average Bonchev–Trinajstić information content (AvgIpc) is 2.72. The number of ether oxygens (including phenoxy) is 1. The first kappa shape index (κ1) is 12.6. The third kappa shape index (κ3) is 1.62. The topological polar surface area (TPSA) is 63.6 Å². The number of carbonyl (C=O) groups is 2. The Morgan fingerprint density at radius 2 is 2.00 bits per heavy atom. The molecule has 1 heterocycles. The molecular weight excluding hydrogens is 244 g/mol. The fourth-order valence-electron chi connectivity index (χ4n) is 3.82. The van der Waals surface area contributed by atoms with Gasteiger partial charge < -0.3 is 9.84 Å². The summed E-state index contributed by atoms with van der Waals surface area (Å²) in [4.78, 5) is 23.9. The van der Waals surface area contributed by atoms with Crippen molar-refractivity contribution >= 4 is 11.8 Å². The molecule has 1 fully saturated rings. The van der Waals surface area contributed by atoms with Crippen molar-refractivity contribution in [2.75, 3.05) is 0 Å². The van der Waals surface area contributed by atoms with Crippen LogP contribution in [-0.4, -0.2) is 29.1 Å². The first-order chi connectivity index (χ1) is 8.91. The molecule has 0 amide bonds. The largest absolute Gasteiger partial charge is 0.461 e. The van der Waals surface area contributed by atoms with Crippen LogP contribution in [-0.2, 0) is 14.3 Å². The van der Waals surface area contributed by atoms with Gasteiger partial charge >= 0.3 is 5.97 Å². The number of ketones is 1. The molecule has 19 heavy (non-hydrogen) atoms. The molecule has 1 aliphatic heterocycles. The van der Waals surface area contributed by atoms with Crippen molar-refractivity contribution < 1.29 is 19.4 Å². The summed E-state index contributed by atoms with van der Waals surface area (Å²) in [5.41, 5.74) is 2.59. The summed E-state index contributed by atoms with van der Waals surface area (Å²) in [7, 11) is 0. The van der Waals surface area contributed by atoms with Gasteiger partial charge in [-0.3, -0.25) is 9.59 Å². The number of carbonyl (C=O) groups excluding carboxylic acids is 2. The lowest BCUT2D eigenvalue weighted by Gasteiger charge is -2.26. The lowest BCUT2D eigenvalue weighted by Crippen LogP contribution is -2.35. The zero-order valence-corrected chi connectivity index (χ0v) is 11.3. The summed E-state index contributed by atoms with van der Waals surface area (Å²) in [5.74, 6) is -0.957. The molecular formula is C15H18O4. The van der Waals surface area contributed by atoms with Crippen molar-refractivity contribution in [2.24, 2.45) is 17.8 Å². The van der Waals surface area contributed by atoms with Gasteiger partial charge in [0.15, 0.2) is 5.78 Å². The highest BCUT2D eigenvalue weighted by Crippen LogP contribution is 2.47. The first-order valence-electron chi connectivity index (χ1n) is 6.72. The van der Waals surface area contributed by atoms with Crippen LogP contribution in [0.5, 0.6) is 0 Å². The monoisotopic (exact) mass is 262 g/mol. The lowest BCUT2D eigenvalue weighted by molar-refractivity contribution is -0.144. The second kappa shape index (κ2) is 4.04. The Labute approximate surface area is 112 Å². The van der Waals surface area contributed by atoms with Crippen LogP contribution in [0, 0.1) is 17.8 Å². The summed E-state index contributed by atoms with van der Waals surface area (Å²) in [6.45, 7) is 5.59. The molecule has 0 bridgehead atoms. The summed E-state index contributed by atoms with van der Waals surface area (Å²) < 4.78 is 5.48. The molecule has 2 unspecified atom stereocenters.